The highest BCUT2D eigenvalue weighted by atomic mass is 35.5. The van der Waals surface area contributed by atoms with Crippen LogP contribution in [0, 0.1) is 0 Å². The van der Waals surface area contributed by atoms with E-state index in [9.17, 15) is 16.8 Å². The van der Waals surface area contributed by atoms with E-state index in [1.807, 2.05) is 17.8 Å². The molecule has 0 radical (unpaired) electrons. The van der Waals surface area contributed by atoms with Crippen LogP contribution in [-0.4, -0.2) is 74.5 Å². The Kier molecular flexibility index (Phi) is 14.9. The topological polar surface area (TPSA) is 120 Å². The molecule has 9 nitrogen and oxygen atoms in total. The minimum absolute atomic E-state index is 0. The Morgan fingerprint density at radius 2 is 1.31 bits per heavy atom. The van der Waals surface area contributed by atoms with Crippen LogP contribution >= 0.6 is 35.8 Å². The molecule has 9 rings (SSSR count). The molecule has 1 aromatic heterocycles. The smallest absolute Gasteiger partial charge is 0.295 e. The molecule has 14 heteroatoms. The SMILES string of the molecule is CN(C)CCC=C1c2ccccc2Sc2ccc(Cl)cc21.CN1CCc2c(c3ccccc3n2Cc2ccccc2)C1.Cl.O=S(=O)(O)c1cccc2c(S(=O)(=O)O)cccc12. The van der Waals surface area contributed by atoms with Crippen molar-refractivity contribution in [2.24, 2.45) is 0 Å². The van der Waals surface area contributed by atoms with Gasteiger partial charge in [-0.3, -0.25) is 9.11 Å². The number of hydrogen-bond donors (Lipinski definition) is 2. The number of benzene rings is 6. The molecule has 3 heterocycles. The molecule has 0 fully saturated rings. The molecular formula is C47H47Cl2N3O6S3. The summed E-state index contributed by atoms with van der Waals surface area (Å²) in [4.78, 5) is 6.41. The molecule has 0 saturated carbocycles. The maximum absolute atomic E-state index is 11.2. The zero-order chi connectivity index (χ0) is 42.6. The van der Waals surface area contributed by atoms with E-state index >= 15 is 0 Å². The molecule has 2 N–H and O–H groups in total. The van der Waals surface area contributed by atoms with E-state index in [1.165, 1.54) is 78.5 Å². The molecule has 2 aliphatic rings. The highest BCUT2D eigenvalue weighted by molar-refractivity contribution is 7.99. The maximum atomic E-state index is 11.2. The van der Waals surface area contributed by atoms with E-state index in [2.05, 4.69) is 133 Å². The monoisotopic (exact) mass is 915 g/mol. The number of para-hydroxylation sites is 1. The van der Waals surface area contributed by atoms with Gasteiger partial charge in [-0.1, -0.05) is 120 Å². The first-order valence-corrected chi connectivity index (χ1v) is 23.5. The lowest BCUT2D eigenvalue weighted by atomic mass is 9.96. The van der Waals surface area contributed by atoms with Gasteiger partial charge in [0.15, 0.2) is 0 Å². The Bertz CT molecular complexity index is 2870. The lowest BCUT2D eigenvalue weighted by molar-refractivity contribution is 0.310. The van der Waals surface area contributed by atoms with E-state index in [-0.39, 0.29) is 23.2 Å². The second-order valence-corrected chi connectivity index (χ2v) is 19.3. The van der Waals surface area contributed by atoms with Crippen molar-refractivity contribution in [1.29, 1.82) is 0 Å². The molecule has 6 aromatic carbocycles. The summed E-state index contributed by atoms with van der Waals surface area (Å²) in [5, 5.41) is 2.27. The van der Waals surface area contributed by atoms with E-state index in [1.54, 1.807) is 0 Å². The Morgan fingerprint density at radius 3 is 1.97 bits per heavy atom. The van der Waals surface area contributed by atoms with Gasteiger partial charge >= 0.3 is 0 Å². The molecular weight excluding hydrogens is 870 g/mol. The zero-order valence-electron chi connectivity index (χ0n) is 33.9. The van der Waals surface area contributed by atoms with Crippen LogP contribution < -0.4 is 0 Å². The predicted octanol–water partition coefficient (Wildman–Crippen LogP) is 10.6. The van der Waals surface area contributed by atoms with Gasteiger partial charge in [0.2, 0.25) is 0 Å². The Labute approximate surface area is 373 Å². The Morgan fingerprint density at radius 1 is 0.721 bits per heavy atom. The number of aromatic nitrogens is 1. The third-order valence-corrected chi connectivity index (χ3v) is 13.7. The summed E-state index contributed by atoms with van der Waals surface area (Å²) in [6, 6.07) is 41.9. The molecule has 0 unspecified atom stereocenters. The van der Waals surface area contributed by atoms with Crippen LogP contribution in [0.4, 0.5) is 0 Å². The average Bonchev–Trinajstić information content (AvgIpc) is 3.52. The quantitative estimate of drug-likeness (QED) is 0.151. The molecule has 0 amide bonds. The third-order valence-electron chi connectivity index (χ3n) is 10.5. The molecule has 0 bridgehead atoms. The molecule has 0 spiro atoms. The highest BCUT2D eigenvalue weighted by Gasteiger charge is 2.23. The summed E-state index contributed by atoms with van der Waals surface area (Å²) >= 11 is 8.03. The van der Waals surface area contributed by atoms with Crippen LogP contribution in [0.2, 0.25) is 5.02 Å². The first kappa shape index (κ1) is 46.0. The van der Waals surface area contributed by atoms with Gasteiger partial charge in [0, 0.05) is 74.8 Å². The van der Waals surface area contributed by atoms with Crippen molar-refractivity contribution in [3.63, 3.8) is 0 Å². The zero-order valence-corrected chi connectivity index (χ0v) is 37.9. The number of rotatable bonds is 7. The van der Waals surface area contributed by atoms with E-state index in [0.29, 0.717) is 0 Å². The number of nitrogens with zero attached hydrogens (tertiary/aromatic N) is 3. The van der Waals surface area contributed by atoms with E-state index in [4.69, 9.17) is 20.7 Å². The van der Waals surface area contributed by atoms with Crippen LogP contribution in [0.25, 0.3) is 27.2 Å². The molecule has 61 heavy (non-hydrogen) atoms. The fraction of sp³-hybridized carbons (Fsp3) is 0.191. The van der Waals surface area contributed by atoms with Gasteiger partial charge in [-0.2, -0.15) is 16.8 Å². The number of likely N-dealkylation sites (N-methyl/N-ethyl adjacent to an activating group) is 1. The second kappa shape index (κ2) is 19.7. The van der Waals surface area contributed by atoms with Gasteiger partial charge in [0.25, 0.3) is 20.2 Å². The third kappa shape index (κ3) is 10.8. The van der Waals surface area contributed by atoms with Gasteiger partial charge in [-0.05, 0) is 97.9 Å². The average molecular weight is 917 g/mol. The van der Waals surface area contributed by atoms with Gasteiger partial charge in [-0.25, -0.2) is 0 Å². The normalized spacial score (nSPS) is 14.2. The van der Waals surface area contributed by atoms with Gasteiger partial charge in [0.05, 0.1) is 0 Å². The fourth-order valence-electron chi connectivity index (χ4n) is 7.72. The Balaban J connectivity index is 0.000000152. The minimum atomic E-state index is -4.47. The summed E-state index contributed by atoms with van der Waals surface area (Å²) in [5.41, 5.74) is 9.68. The standard InChI is InChI=1S/C19H20N2.C18H18ClNS.C10H8O6S2.ClH/c1-20-12-11-19-17(14-20)16-9-5-6-10-18(16)21(19)13-15-7-3-2-4-8-15;1-20(2)11-5-7-14-15-6-3-4-8-17(15)21-18-10-9-13(19)12-16(14)18;11-17(12,13)9-5-1-3-7-8(9)4-2-6-10(7)18(14,15)16;/h2-10H,11-14H2,1H3;3-4,6-10,12H,5,11H2,1-2H3;1-6H,(H,11,12,13)(H,14,15,16);1H. The summed E-state index contributed by atoms with van der Waals surface area (Å²) in [6.07, 6.45) is 4.52. The second-order valence-electron chi connectivity index (χ2n) is 15.0. The van der Waals surface area contributed by atoms with Gasteiger partial charge in [0.1, 0.15) is 9.79 Å². The molecule has 0 atom stereocenters. The lowest BCUT2D eigenvalue weighted by Crippen LogP contribution is -2.27. The van der Waals surface area contributed by atoms with Crippen LogP contribution in [-0.2, 0) is 39.7 Å². The molecule has 0 saturated heterocycles. The summed E-state index contributed by atoms with van der Waals surface area (Å²) < 4.78 is 65.2. The summed E-state index contributed by atoms with van der Waals surface area (Å²) in [6.45, 7) is 4.24. The van der Waals surface area contributed by atoms with Crippen LogP contribution in [0.3, 0.4) is 0 Å². The maximum Gasteiger partial charge on any atom is 0.295 e. The summed E-state index contributed by atoms with van der Waals surface area (Å²) in [5.74, 6) is 0. The van der Waals surface area contributed by atoms with Crippen molar-refractivity contribution >= 4 is 83.3 Å². The van der Waals surface area contributed by atoms with Crippen molar-refractivity contribution in [3.05, 3.63) is 173 Å². The van der Waals surface area contributed by atoms with Crippen molar-refractivity contribution in [1.82, 2.24) is 14.4 Å². The molecule has 0 aliphatic carbocycles. The molecule has 7 aromatic rings. The molecule has 2 aliphatic heterocycles. The highest BCUT2D eigenvalue weighted by Crippen LogP contribution is 2.46. The first-order valence-electron chi connectivity index (χ1n) is 19.4. The van der Waals surface area contributed by atoms with Crippen LogP contribution in [0.5, 0.6) is 0 Å². The Hall–Kier alpha value is -4.47. The van der Waals surface area contributed by atoms with E-state index in [0.717, 1.165) is 56.2 Å². The van der Waals surface area contributed by atoms with Crippen molar-refractivity contribution in [2.75, 3.05) is 34.2 Å². The van der Waals surface area contributed by atoms with Crippen LogP contribution in [0.15, 0.2) is 159 Å². The van der Waals surface area contributed by atoms with Crippen molar-refractivity contribution in [2.45, 2.75) is 45.5 Å². The van der Waals surface area contributed by atoms with Gasteiger partial charge in [-0.15, -0.1) is 12.4 Å². The molecule has 318 valence electrons. The van der Waals surface area contributed by atoms with Gasteiger partial charge < -0.3 is 14.4 Å². The first-order chi connectivity index (χ1) is 28.7. The number of halogens is 2. The minimum Gasteiger partial charge on any atom is -0.340 e. The number of fused-ring (bicyclic) bond motifs is 6. The summed E-state index contributed by atoms with van der Waals surface area (Å²) in [7, 11) is -2.51. The van der Waals surface area contributed by atoms with Crippen molar-refractivity contribution in [3.8, 4) is 0 Å². The van der Waals surface area contributed by atoms with Crippen LogP contribution in [0.1, 0.15) is 34.4 Å². The van der Waals surface area contributed by atoms with E-state index < -0.39 is 30.0 Å². The predicted molar refractivity (Wildman–Crippen MR) is 251 cm³/mol. The fourth-order valence-corrected chi connectivity index (χ4v) is 10.4. The van der Waals surface area contributed by atoms with Crippen molar-refractivity contribution < 1.29 is 25.9 Å². The number of hydrogen-bond acceptors (Lipinski definition) is 7. The largest absolute Gasteiger partial charge is 0.340 e. The lowest BCUT2D eigenvalue weighted by Gasteiger charge is -2.24.